The van der Waals surface area contributed by atoms with E-state index in [1.54, 1.807) is 7.11 Å². The van der Waals surface area contributed by atoms with Crippen molar-refractivity contribution in [3.05, 3.63) is 30.1 Å². The second kappa shape index (κ2) is 5.81. The minimum absolute atomic E-state index is 0. The van der Waals surface area contributed by atoms with Crippen LogP contribution in [0.1, 0.15) is 31.5 Å². The van der Waals surface area contributed by atoms with Gasteiger partial charge in [-0.2, -0.15) is 4.98 Å². The molecular formula is C14H18ClN3O2. The number of aromatic nitrogens is 2. The Morgan fingerprint density at radius 1 is 1.20 bits per heavy atom. The summed E-state index contributed by atoms with van der Waals surface area (Å²) in [6.45, 7) is 0. The molecule has 1 aromatic heterocycles. The molecule has 0 unspecified atom stereocenters. The van der Waals surface area contributed by atoms with Crippen LogP contribution in [0.5, 0.6) is 5.75 Å². The summed E-state index contributed by atoms with van der Waals surface area (Å²) in [5.74, 6) is 1.93. The molecule has 0 spiro atoms. The van der Waals surface area contributed by atoms with Crippen molar-refractivity contribution in [1.29, 1.82) is 0 Å². The fraction of sp³-hybridized carbons (Fsp3) is 0.429. The number of hydrogen-bond donors (Lipinski definition) is 1. The van der Waals surface area contributed by atoms with Gasteiger partial charge in [0.25, 0.3) is 5.89 Å². The van der Waals surface area contributed by atoms with Gasteiger partial charge < -0.3 is 15.0 Å². The van der Waals surface area contributed by atoms with E-state index < -0.39 is 5.54 Å². The van der Waals surface area contributed by atoms with Crippen molar-refractivity contribution in [3.63, 3.8) is 0 Å². The molecule has 0 atom stereocenters. The number of nitrogens with zero attached hydrogens (tertiary/aromatic N) is 2. The Labute approximate surface area is 123 Å². The first-order chi connectivity index (χ1) is 9.21. The van der Waals surface area contributed by atoms with Crippen molar-refractivity contribution < 1.29 is 9.26 Å². The van der Waals surface area contributed by atoms with E-state index in [2.05, 4.69) is 10.1 Å². The van der Waals surface area contributed by atoms with E-state index in [-0.39, 0.29) is 12.4 Å². The first-order valence-corrected chi connectivity index (χ1v) is 6.49. The molecule has 2 aromatic rings. The molecule has 1 heterocycles. The molecule has 2 N–H and O–H groups in total. The Kier molecular flexibility index (Phi) is 4.30. The summed E-state index contributed by atoms with van der Waals surface area (Å²) < 4.78 is 10.4. The standard InChI is InChI=1S/C14H17N3O2.ClH/c1-18-11-6-4-10(5-7-11)12-16-13(17-19-12)14(15)8-2-3-9-14;/h4-7H,2-3,8-9,15H2,1H3;1H. The van der Waals surface area contributed by atoms with Crippen LogP contribution in [0.3, 0.4) is 0 Å². The molecule has 5 nitrogen and oxygen atoms in total. The van der Waals surface area contributed by atoms with Crippen LogP contribution in [-0.4, -0.2) is 17.3 Å². The van der Waals surface area contributed by atoms with Crippen LogP contribution in [0.25, 0.3) is 11.5 Å². The predicted molar refractivity (Wildman–Crippen MR) is 77.9 cm³/mol. The topological polar surface area (TPSA) is 74.2 Å². The van der Waals surface area contributed by atoms with Crippen LogP contribution < -0.4 is 10.5 Å². The minimum atomic E-state index is -0.409. The lowest BCUT2D eigenvalue weighted by molar-refractivity contribution is 0.372. The molecular weight excluding hydrogens is 278 g/mol. The zero-order valence-corrected chi connectivity index (χ0v) is 12.2. The zero-order valence-electron chi connectivity index (χ0n) is 11.3. The van der Waals surface area contributed by atoms with E-state index in [9.17, 15) is 0 Å². The molecule has 3 rings (SSSR count). The van der Waals surface area contributed by atoms with Crippen molar-refractivity contribution in [1.82, 2.24) is 10.1 Å². The molecule has 0 amide bonds. The monoisotopic (exact) mass is 295 g/mol. The number of hydrogen-bond acceptors (Lipinski definition) is 5. The van der Waals surface area contributed by atoms with E-state index in [0.717, 1.165) is 37.0 Å². The van der Waals surface area contributed by atoms with E-state index in [0.29, 0.717) is 11.7 Å². The summed E-state index contributed by atoms with van der Waals surface area (Å²) in [6.07, 6.45) is 4.11. The van der Waals surface area contributed by atoms with Gasteiger partial charge in [-0.1, -0.05) is 18.0 Å². The lowest BCUT2D eigenvalue weighted by Crippen LogP contribution is -2.34. The van der Waals surface area contributed by atoms with Crippen molar-refractivity contribution >= 4 is 12.4 Å². The molecule has 0 radical (unpaired) electrons. The fourth-order valence-corrected chi connectivity index (χ4v) is 2.51. The van der Waals surface area contributed by atoms with Gasteiger partial charge in [-0.3, -0.25) is 0 Å². The molecule has 1 aromatic carbocycles. The average molecular weight is 296 g/mol. The van der Waals surface area contributed by atoms with Crippen molar-refractivity contribution in [2.75, 3.05) is 7.11 Å². The maximum atomic E-state index is 6.31. The molecule has 1 saturated carbocycles. The van der Waals surface area contributed by atoms with Crippen molar-refractivity contribution in [2.45, 2.75) is 31.2 Å². The molecule has 0 aliphatic heterocycles. The SMILES string of the molecule is COc1ccc(-c2nc(C3(N)CCCC3)no2)cc1.Cl. The number of ether oxygens (including phenoxy) is 1. The molecule has 20 heavy (non-hydrogen) atoms. The van der Waals surface area contributed by atoms with Gasteiger partial charge in [0.05, 0.1) is 12.6 Å². The number of nitrogens with two attached hydrogens (primary N) is 1. The summed E-state index contributed by atoms with van der Waals surface area (Å²) in [7, 11) is 1.64. The quantitative estimate of drug-likeness (QED) is 0.942. The smallest absolute Gasteiger partial charge is 0.257 e. The van der Waals surface area contributed by atoms with Crippen molar-refractivity contribution in [2.24, 2.45) is 5.73 Å². The van der Waals surface area contributed by atoms with Crippen LogP contribution in [-0.2, 0) is 5.54 Å². The van der Waals surface area contributed by atoms with Crippen LogP contribution in [0, 0.1) is 0 Å². The fourth-order valence-electron chi connectivity index (χ4n) is 2.51. The summed E-state index contributed by atoms with van der Waals surface area (Å²) in [5, 5.41) is 4.05. The highest BCUT2D eigenvalue weighted by Crippen LogP contribution is 2.35. The van der Waals surface area contributed by atoms with Crippen LogP contribution >= 0.6 is 12.4 Å². The Morgan fingerprint density at radius 2 is 1.85 bits per heavy atom. The maximum Gasteiger partial charge on any atom is 0.257 e. The number of benzene rings is 1. The Bertz CT molecular complexity index is 562. The first kappa shape index (κ1) is 14.8. The minimum Gasteiger partial charge on any atom is -0.497 e. The van der Waals surface area contributed by atoms with Gasteiger partial charge in [-0.05, 0) is 37.1 Å². The predicted octanol–water partition coefficient (Wildman–Crippen LogP) is 2.90. The molecule has 108 valence electrons. The Hall–Kier alpha value is -1.59. The third-order valence-electron chi connectivity index (χ3n) is 3.70. The normalized spacial score (nSPS) is 16.7. The number of halogens is 1. The highest BCUT2D eigenvalue weighted by molar-refractivity contribution is 5.85. The lowest BCUT2D eigenvalue weighted by Gasteiger charge is -2.17. The molecule has 0 bridgehead atoms. The summed E-state index contributed by atoms with van der Waals surface area (Å²) >= 11 is 0. The maximum absolute atomic E-state index is 6.31. The molecule has 1 fully saturated rings. The van der Waals surface area contributed by atoms with E-state index in [1.807, 2.05) is 24.3 Å². The van der Waals surface area contributed by atoms with Crippen LogP contribution in [0.4, 0.5) is 0 Å². The van der Waals surface area contributed by atoms with E-state index >= 15 is 0 Å². The van der Waals surface area contributed by atoms with E-state index in [4.69, 9.17) is 15.0 Å². The average Bonchev–Trinajstić information content (AvgIpc) is 3.08. The van der Waals surface area contributed by atoms with Crippen LogP contribution in [0.15, 0.2) is 28.8 Å². The summed E-state index contributed by atoms with van der Waals surface area (Å²) in [6, 6.07) is 7.53. The van der Waals surface area contributed by atoms with Gasteiger partial charge in [0.2, 0.25) is 0 Å². The summed E-state index contributed by atoms with van der Waals surface area (Å²) in [4.78, 5) is 4.45. The lowest BCUT2D eigenvalue weighted by atomic mass is 9.99. The zero-order chi connectivity index (χ0) is 13.3. The second-order valence-corrected chi connectivity index (χ2v) is 5.01. The van der Waals surface area contributed by atoms with Gasteiger partial charge in [0.1, 0.15) is 5.75 Å². The second-order valence-electron chi connectivity index (χ2n) is 5.01. The van der Waals surface area contributed by atoms with Gasteiger partial charge in [-0.25, -0.2) is 0 Å². The molecule has 0 saturated heterocycles. The molecule has 1 aliphatic carbocycles. The number of rotatable bonds is 3. The highest BCUT2D eigenvalue weighted by Gasteiger charge is 2.36. The summed E-state index contributed by atoms with van der Waals surface area (Å²) in [5.41, 5.74) is 6.78. The third-order valence-corrected chi connectivity index (χ3v) is 3.70. The molecule has 1 aliphatic rings. The first-order valence-electron chi connectivity index (χ1n) is 6.49. The largest absolute Gasteiger partial charge is 0.497 e. The van der Waals surface area contributed by atoms with Gasteiger partial charge in [0.15, 0.2) is 5.82 Å². The van der Waals surface area contributed by atoms with Crippen molar-refractivity contribution in [3.8, 4) is 17.2 Å². The van der Waals surface area contributed by atoms with E-state index in [1.165, 1.54) is 0 Å². The highest BCUT2D eigenvalue weighted by atomic mass is 35.5. The van der Waals surface area contributed by atoms with Crippen LogP contribution in [0.2, 0.25) is 0 Å². The van der Waals surface area contributed by atoms with Gasteiger partial charge >= 0.3 is 0 Å². The third kappa shape index (κ3) is 2.64. The Morgan fingerprint density at radius 3 is 2.45 bits per heavy atom. The van der Waals surface area contributed by atoms with Gasteiger partial charge in [-0.15, -0.1) is 12.4 Å². The number of methoxy groups -OCH3 is 1. The Balaban J connectivity index is 0.00000147. The van der Waals surface area contributed by atoms with Gasteiger partial charge in [0, 0.05) is 5.56 Å². The molecule has 6 heteroatoms.